The monoisotopic (exact) mass is 548 g/mol. The fourth-order valence-corrected chi connectivity index (χ4v) is 5.44. The maximum atomic E-state index is 13.7. The molecule has 2 amide bonds. The highest BCUT2D eigenvalue weighted by atomic mass is 32.2. The van der Waals surface area contributed by atoms with Crippen LogP contribution in [0.3, 0.4) is 0 Å². The number of amides is 2. The molecule has 0 saturated carbocycles. The number of anilines is 3. The number of carbonyl (C=O) groups excluding carboxylic acids is 2. The molecule has 1 aliphatic rings. The number of para-hydroxylation sites is 2. The molecule has 0 fully saturated rings. The first-order chi connectivity index (χ1) is 19.5. The quantitative estimate of drug-likeness (QED) is 0.254. The van der Waals surface area contributed by atoms with Gasteiger partial charge in [-0.25, -0.2) is 0 Å². The predicted molar refractivity (Wildman–Crippen MR) is 155 cm³/mol. The van der Waals surface area contributed by atoms with Gasteiger partial charge in [0.1, 0.15) is 5.75 Å². The normalized spacial score (nSPS) is 11.9. The molecule has 3 N–H and O–H groups in total. The van der Waals surface area contributed by atoms with Crippen molar-refractivity contribution in [2.45, 2.75) is 16.7 Å². The van der Waals surface area contributed by atoms with Crippen molar-refractivity contribution >= 4 is 40.9 Å². The van der Waals surface area contributed by atoms with E-state index in [-0.39, 0.29) is 30.1 Å². The van der Waals surface area contributed by atoms with E-state index in [2.05, 4.69) is 20.9 Å². The topological polar surface area (TPSA) is 112 Å². The first-order valence-electron chi connectivity index (χ1n) is 12.5. The standard InChI is InChI=1S/C30H24N6O3S/c1-19-10-12-21(13-11-19)29(39)34-36-28(20-14-16-22(37)17-15-20)32-33-30(36)31-18-27(38)35-23-6-2-4-8-25(23)40-26-9-5-3-7-24(26)35/h2-17,37H,18H2,1H3,(H,31,33)(H,34,39). The highest BCUT2D eigenvalue weighted by Gasteiger charge is 2.28. The average Bonchev–Trinajstić information content (AvgIpc) is 3.37. The van der Waals surface area contributed by atoms with E-state index in [1.807, 2.05) is 67.6 Å². The van der Waals surface area contributed by atoms with Gasteiger partial charge in [0.25, 0.3) is 11.8 Å². The molecule has 6 rings (SSSR count). The number of phenols is 1. The number of nitrogens with zero attached hydrogens (tertiary/aromatic N) is 4. The van der Waals surface area contributed by atoms with Gasteiger partial charge in [-0.3, -0.25) is 19.9 Å². The van der Waals surface area contributed by atoms with Crippen LogP contribution in [0.1, 0.15) is 15.9 Å². The average molecular weight is 549 g/mol. The molecule has 0 radical (unpaired) electrons. The molecule has 5 aromatic rings. The van der Waals surface area contributed by atoms with Crippen LogP contribution in [0.25, 0.3) is 11.4 Å². The van der Waals surface area contributed by atoms with Gasteiger partial charge in [0.05, 0.1) is 17.9 Å². The Morgan fingerprint density at radius 3 is 2.10 bits per heavy atom. The van der Waals surface area contributed by atoms with Crippen LogP contribution in [0.15, 0.2) is 107 Å². The molecule has 198 valence electrons. The van der Waals surface area contributed by atoms with Crippen LogP contribution in [0, 0.1) is 6.92 Å². The zero-order valence-electron chi connectivity index (χ0n) is 21.4. The maximum absolute atomic E-state index is 13.7. The number of hydrogen-bond donors (Lipinski definition) is 3. The Labute approximate surface area is 234 Å². The molecule has 0 unspecified atom stereocenters. The van der Waals surface area contributed by atoms with E-state index >= 15 is 0 Å². The minimum Gasteiger partial charge on any atom is -0.508 e. The zero-order valence-corrected chi connectivity index (χ0v) is 22.2. The second-order valence-electron chi connectivity index (χ2n) is 9.16. The fourth-order valence-electron chi connectivity index (χ4n) is 4.38. The molecule has 0 aliphatic carbocycles. The first-order valence-corrected chi connectivity index (χ1v) is 13.3. The third-order valence-corrected chi connectivity index (χ3v) is 7.53. The minimum atomic E-state index is -0.370. The Balaban J connectivity index is 1.30. The summed E-state index contributed by atoms with van der Waals surface area (Å²) in [6, 6.07) is 29.1. The van der Waals surface area contributed by atoms with Crippen molar-refractivity contribution in [2.24, 2.45) is 0 Å². The molecule has 10 heteroatoms. The SMILES string of the molecule is Cc1ccc(C(=O)Nn2c(NCC(=O)N3c4ccccc4Sc4ccccc43)nnc2-c2ccc(O)cc2)cc1. The highest BCUT2D eigenvalue weighted by Crippen LogP contribution is 2.47. The predicted octanol–water partition coefficient (Wildman–Crippen LogP) is 5.58. The zero-order chi connectivity index (χ0) is 27.6. The lowest BCUT2D eigenvalue weighted by molar-refractivity contribution is -0.116. The molecule has 1 aromatic heterocycles. The van der Waals surface area contributed by atoms with Gasteiger partial charge in [0.15, 0.2) is 5.82 Å². The molecule has 1 aliphatic heterocycles. The van der Waals surface area contributed by atoms with Crippen molar-refractivity contribution in [1.82, 2.24) is 14.9 Å². The van der Waals surface area contributed by atoms with Crippen LogP contribution in [0.2, 0.25) is 0 Å². The lowest BCUT2D eigenvalue weighted by Gasteiger charge is -2.31. The number of carbonyl (C=O) groups is 2. The molecule has 2 heterocycles. The molecule has 0 atom stereocenters. The summed E-state index contributed by atoms with van der Waals surface area (Å²) in [6.45, 7) is 1.84. The summed E-state index contributed by atoms with van der Waals surface area (Å²) in [6.07, 6.45) is 0. The summed E-state index contributed by atoms with van der Waals surface area (Å²) in [5.41, 5.74) is 6.55. The number of hydrogen-bond acceptors (Lipinski definition) is 7. The largest absolute Gasteiger partial charge is 0.508 e. The number of aromatic hydroxyl groups is 1. The molecular formula is C30H24N6O3S. The first kappa shape index (κ1) is 25.2. The third-order valence-electron chi connectivity index (χ3n) is 6.40. The van der Waals surface area contributed by atoms with Gasteiger partial charge in [-0.15, -0.1) is 10.2 Å². The fraction of sp³-hybridized carbons (Fsp3) is 0.0667. The Morgan fingerprint density at radius 1 is 0.825 bits per heavy atom. The van der Waals surface area contributed by atoms with E-state index in [9.17, 15) is 14.7 Å². The highest BCUT2D eigenvalue weighted by molar-refractivity contribution is 7.99. The Morgan fingerprint density at radius 2 is 1.45 bits per heavy atom. The van der Waals surface area contributed by atoms with Gasteiger partial charge in [-0.05, 0) is 67.6 Å². The van der Waals surface area contributed by atoms with Gasteiger partial charge < -0.3 is 10.4 Å². The maximum Gasteiger partial charge on any atom is 0.270 e. The van der Waals surface area contributed by atoms with Crippen molar-refractivity contribution < 1.29 is 14.7 Å². The number of aryl methyl sites for hydroxylation is 1. The second-order valence-corrected chi connectivity index (χ2v) is 10.2. The van der Waals surface area contributed by atoms with E-state index in [0.29, 0.717) is 17.0 Å². The van der Waals surface area contributed by atoms with Gasteiger partial charge in [-0.1, -0.05) is 53.7 Å². The molecular weight excluding hydrogens is 524 g/mol. The van der Waals surface area contributed by atoms with Crippen LogP contribution in [-0.2, 0) is 4.79 Å². The van der Waals surface area contributed by atoms with Gasteiger partial charge in [0.2, 0.25) is 5.95 Å². The smallest absolute Gasteiger partial charge is 0.270 e. The summed E-state index contributed by atoms with van der Waals surface area (Å²) < 4.78 is 1.41. The van der Waals surface area contributed by atoms with E-state index in [1.165, 1.54) is 16.8 Å². The molecule has 40 heavy (non-hydrogen) atoms. The van der Waals surface area contributed by atoms with Gasteiger partial charge >= 0.3 is 0 Å². The van der Waals surface area contributed by atoms with Crippen molar-refractivity contribution in [3.63, 3.8) is 0 Å². The summed E-state index contributed by atoms with van der Waals surface area (Å²) in [7, 11) is 0. The second kappa shape index (κ2) is 10.6. The van der Waals surface area contributed by atoms with Gasteiger partial charge in [-0.2, -0.15) is 4.68 Å². The number of fused-ring (bicyclic) bond motifs is 2. The number of aromatic nitrogens is 3. The molecule has 9 nitrogen and oxygen atoms in total. The van der Waals surface area contributed by atoms with E-state index < -0.39 is 0 Å². The lowest BCUT2D eigenvalue weighted by atomic mass is 10.1. The number of benzene rings is 4. The number of rotatable bonds is 6. The Bertz CT molecular complexity index is 1670. The summed E-state index contributed by atoms with van der Waals surface area (Å²) >= 11 is 1.62. The number of phenolic OH excluding ortho intramolecular Hbond substituents is 1. The van der Waals surface area contributed by atoms with Crippen LogP contribution < -0.4 is 15.6 Å². The molecule has 4 aromatic carbocycles. The third kappa shape index (κ3) is 4.87. The molecule has 0 saturated heterocycles. The molecule has 0 spiro atoms. The summed E-state index contributed by atoms with van der Waals surface area (Å²) in [5.74, 6) is 0.0453. The van der Waals surface area contributed by atoms with E-state index in [4.69, 9.17) is 0 Å². The van der Waals surface area contributed by atoms with Crippen LogP contribution in [0.5, 0.6) is 5.75 Å². The van der Waals surface area contributed by atoms with Gasteiger partial charge in [0, 0.05) is 20.9 Å². The lowest BCUT2D eigenvalue weighted by Crippen LogP contribution is -2.34. The van der Waals surface area contributed by atoms with Crippen LogP contribution >= 0.6 is 11.8 Å². The van der Waals surface area contributed by atoms with Crippen molar-refractivity contribution in [3.8, 4) is 17.1 Å². The van der Waals surface area contributed by atoms with Crippen molar-refractivity contribution in [2.75, 3.05) is 22.2 Å². The molecule has 0 bridgehead atoms. The summed E-state index contributed by atoms with van der Waals surface area (Å²) in [5, 5.41) is 21.3. The summed E-state index contributed by atoms with van der Waals surface area (Å²) in [4.78, 5) is 30.5. The Kier molecular flexibility index (Phi) is 6.67. The van der Waals surface area contributed by atoms with Crippen molar-refractivity contribution in [1.29, 1.82) is 0 Å². The Hall–Kier alpha value is -5.09. The number of nitrogens with one attached hydrogen (secondary N) is 2. The van der Waals surface area contributed by atoms with E-state index in [1.54, 1.807) is 40.9 Å². The van der Waals surface area contributed by atoms with Crippen molar-refractivity contribution in [3.05, 3.63) is 108 Å². The van der Waals surface area contributed by atoms with Crippen LogP contribution in [0.4, 0.5) is 17.3 Å². The van der Waals surface area contributed by atoms with Crippen LogP contribution in [-0.4, -0.2) is 38.3 Å². The minimum absolute atomic E-state index is 0.0997. The van der Waals surface area contributed by atoms with E-state index in [0.717, 1.165) is 26.7 Å².